The first-order chi connectivity index (χ1) is 21.4. The summed E-state index contributed by atoms with van der Waals surface area (Å²) in [5.41, 5.74) is 4.51. The van der Waals surface area contributed by atoms with Gasteiger partial charge in [-0.2, -0.15) is 0 Å². The molecule has 10 nitrogen and oxygen atoms in total. The van der Waals surface area contributed by atoms with E-state index in [9.17, 15) is 4.79 Å². The lowest BCUT2D eigenvalue weighted by Crippen LogP contribution is -2.48. The number of nitrogens with zero attached hydrogens (tertiary/aromatic N) is 5. The largest absolute Gasteiger partial charge is 0.493 e. The molecule has 44 heavy (non-hydrogen) atoms. The van der Waals surface area contributed by atoms with Gasteiger partial charge in [0.25, 0.3) is 0 Å². The van der Waals surface area contributed by atoms with Crippen molar-refractivity contribution in [2.75, 3.05) is 12.4 Å². The molecule has 0 spiro atoms. The van der Waals surface area contributed by atoms with Crippen LogP contribution in [-0.2, 0) is 11.8 Å². The van der Waals surface area contributed by atoms with Gasteiger partial charge in [-0.05, 0) is 67.8 Å². The van der Waals surface area contributed by atoms with Gasteiger partial charge in [0.15, 0.2) is 11.5 Å². The van der Waals surface area contributed by atoms with Gasteiger partial charge in [-0.3, -0.25) is 4.79 Å². The monoisotopic (exact) mass is 590 g/mol. The van der Waals surface area contributed by atoms with Crippen molar-refractivity contribution in [3.63, 3.8) is 0 Å². The van der Waals surface area contributed by atoms with E-state index >= 15 is 0 Å². The summed E-state index contributed by atoms with van der Waals surface area (Å²) in [5, 5.41) is 4.27. The predicted molar refractivity (Wildman–Crippen MR) is 169 cm³/mol. The molecule has 2 fully saturated rings. The first-order valence-corrected chi connectivity index (χ1v) is 14.8. The molecular weight excluding hydrogens is 556 g/mol. The zero-order valence-electron chi connectivity index (χ0n) is 25.0. The van der Waals surface area contributed by atoms with Gasteiger partial charge < -0.3 is 29.0 Å². The van der Waals surface area contributed by atoms with Crippen molar-refractivity contribution in [2.24, 2.45) is 7.05 Å². The second kappa shape index (κ2) is 11.2. The molecule has 1 unspecified atom stereocenters. The van der Waals surface area contributed by atoms with Gasteiger partial charge in [-0.1, -0.05) is 6.58 Å². The van der Waals surface area contributed by atoms with E-state index < -0.39 is 0 Å². The highest BCUT2D eigenvalue weighted by molar-refractivity contribution is 5.93. The number of aryl methyl sites for hydroxylation is 2. The van der Waals surface area contributed by atoms with Crippen LogP contribution in [0.25, 0.3) is 21.9 Å². The minimum Gasteiger partial charge on any atom is -0.493 e. The Hall–Kier alpha value is -5.12. The Balaban J connectivity index is 1.11. The SMILES string of the molecule is C=CC(=O)N1[C@@H]2CC[C@H]1CC(Oc1cc3c(Nc4ccc(Oc5ccc6c(c5)ncn6C)c(C)c4)ncnc3cc1OC)C2. The third-order valence-corrected chi connectivity index (χ3v) is 8.70. The quantitative estimate of drug-likeness (QED) is 0.206. The van der Waals surface area contributed by atoms with Gasteiger partial charge in [0, 0.05) is 55.2 Å². The molecule has 2 aromatic heterocycles. The van der Waals surface area contributed by atoms with Gasteiger partial charge in [0.2, 0.25) is 5.91 Å². The Bertz CT molecular complexity index is 1890. The fourth-order valence-electron chi connectivity index (χ4n) is 6.57. The number of hydrogen-bond donors (Lipinski definition) is 1. The predicted octanol–water partition coefficient (Wildman–Crippen LogP) is 6.46. The number of hydrogen-bond acceptors (Lipinski definition) is 8. The van der Waals surface area contributed by atoms with Crippen LogP contribution in [0.15, 0.2) is 73.8 Å². The fraction of sp³-hybridized carbons (Fsp3) is 0.294. The number of carbonyl (C=O) groups is 1. The summed E-state index contributed by atoms with van der Waals surface area (Å²) in [6.07, 6.45) is 8.25. The summed E-state index contributed by atoms with van der Waals surface area (Å²) in [5.74, 6) is 3.40. The van der Waals surface area contributed by atoms with Crippen LogP contribution < -0.4 is 19.5 Å². The number of ether oxygens (including phenoxy) is 3. The summed E-state index contributed by atoms with van der Waals surface area (Å²) in [6.45, 7) is 5.69. The zero-order chi connectivity index (χ0) is 30.4. The molecule has 0 saturated carbocycles. The Morgan fingerprint density at radius 2 is 1.80 bits per heavy atom. The van der Waals surface area contributed by atoms with E-state index in [1.165, 1.54) is 12.4 Å². The van der Waals surface area contributed by atoms with Crippen LogP contribution in [0.3, 0.4) is 0 Å². The average Bonchev–Trinajstić information content (AvgIpc) is 3.53. The Morgan fingerprint density at radius 1 is 0.977 bits per heavy atom. The van der Waals surface area contributed by atoms with Crippen molar-refractivity contribution >= 4 is 39.3 Å². The van der Waals surface area contributed by atoms with Crippen LogP contribution in [0, 0.1) is 6.92 Å². The standard InChI is InChI=1S/C34H34N6O4/c1-5-33(41)40-22-7-8-23(40)14-25(13-22)44-32-16-26-27(17-31(32)42-4)35-18-36-34(26)38-21-6-11-30(20(2)12-21)43-24-9-10-29-28(15-24)37-19-39(29)3/h5-6,9-12,15-19,22-23,25H,1,7-8,13-14H2,2-4H3,(H,35,36,38)/t22-,23+,25?. The number of nitrogens with one attached hydrogen (secondary N) is 1. The third-order valence-electron chi connectivity index (χ3n) is 8.70. The van der Waals surface area contributed by atoms with Gasteiger partial charge >= 0.3 is 0 Å². The molecule has 4 heterocycles. The highest BCUT2D eigenvalue weighted by atomic mass is 16.5. The Labute approximate surface area is 255 Å². The lowest BCUT2D eigenvalue weighted by molar-refractivity contribution is -0.131. The second-order valence-corrected chi connectivity index (χ2v) is 11.5. The van der Waals surface area contributed by atoms with Crippen LogP contribution >= 0.6 is 0 Å². The number of fused-ring (bicyclic) bond motifs is 4. The molecule has 1 N–H and O–H groups in total. The molecule has 0 radical (unpaired) electrons. The van der Waals surface area contributed by atoms with E-state index in [1.54, 1.807) is 13.4 Å². The molecule has 3 atom stereocenters. The number of methoxy groups -OCH3 is 1. The number of aromatic nitrogens is 4. The molecule has 224 valence electrons. The number of anilines is 2. The van der Waals surface area contributed by atoms with Crippen molar-refractivity contribution in [1.82, 2.24) is 24.4 Å². The minimum atomic E-state index is -0.0256. The number of carbonyl (C=O) groups excluding carboxylic acids is 1. The summed E-state index contributed by atoms with van der Waals surface area (Å²) in [6, 6.07) is 16.0. The van der Waals surface area contributed by atoms with Gasteiger partial charge in [0.05, 0.1) is 30.0 Å². The molecule has 2 bridgehead atoms. The topological polar surface area (TPSA) is 104 Å². The highest BCUT2D eigenvalue weighted by Gasteiger charge is 2.43. The van der Waals surface area contributed by atoms with Crippen LogP contribution in [0.4, 0.5) is 11.5 Å². The van der Waals surface area contributed by atoms with Gasteiger partial charge in [-0.25, -0.2) is 15.0 Å². The molecule has 2 saturated heterocycles. The lowest BCUT2D eigenvalue weighted by Gasteiger charge is -2.38. The normalized spacial score (nSPS) is 19.2. The summed E-state index contributed by atoms with van der Waals surface area (Å²) < 4.78 is 20.4. The van der Waals surface area contributed by atoms with E-state index in [-0.39, 0.29) is 24.1 Å². The molecule has 5 aromatic rings. The molecule has 2 aliphatic heterocycles. The van der Waals surface area contributed by atoms with Crippen molar-refractivity contribution in [1.29, 1.82) is 0 Å². The molecule has 7 rings (SSSR count). The number of imidazole rings is 1. The number of benzene rings is 3. The summed E-state index contributed by atoms with van der Waals surface area (Å²) in [7, 11) is 3.60. The number of rotatable bonds is 8. The third kappa shape index (κ3) is 5.06. The molecule has 2 aliphatic rings. The van der Waals surface area contributed by atoms with Gasteiger partial charge in [-0.15, -0.1) is 0 Å². The van der Waals surface area contributed by atoms with Crippen molar-refractivity contribution in [3.05, 3.63) is 79.4 Å². The Morgan fingerprint density at radius 3 is 2.55 bits per heavy atom. The van der Waals surface area contributed by atoms with Crippen LogP contribution in [-0.4, -0.2) is 55.6 Å². The second-order valence-electron chi connectivity index (χ2n) is 11.5. The van der Waals surface area contributed by atoms with E-state index in [4.69, 9.17) is 14.2 Å². The van der Waals surface area contributed by atoms with Crippen LogP contribution in [0.1, 0.15) is 31.2 Å². The zero-order valence-corrected chi connectivity index (χ0v) is 25.0. The van der Waals surface area contributed by atoms with E-state index in [0.29, 0.717) is 17.3 Å². The van der Waals surface area contributed by atoms with Crippen molar-refractivity contribution < 1.29 is 19.0 Å². The first kappa shape index (κ1) is 27.7. The summed E-state index contributed by atoms with van der Waals surface area (Å²) >= 11 is 0. The number of piperidine rings is 1. The maximum atomic E-state index is 12.4. The molecule has 3 aromatic carbocycles. The minimum absolute atomic E-state index is 0.00733. The van der Waals surface area contributed by atoms with Gasteiger partial charge in [0.1, 0.15) is 29.7 Å². The van der Waals surface area contributed by atoms with Crippen LogP contribution in [0.5, 0.6) is 23.0 Å². The van der Waals surface area contributed by atoms with Crippen molar-refractivity contribution in [3.8, 4) is 23.0 Å². The average molecular weight is 591 g/mol. The van der Waals surface area contributed by atoms with Crippen LogP contribution in [0.2, 0.25) is 0 Å². The maximum absolute atomic E-state index is 12.4. The van der Waals surface area contributed by atoms with E-state index in [0.717, 1.165) is 70.4 Å². The molecule has 10 heteroatoms. The van der Waals surface area contributed by atoms with E-state index in [1.807, 2.05) is 72.0 Å². The molecular formula is C34H34N6O4. The highest BCUT2D eigenvalue weighted by Crippen LogP contribution is 2.41. The molecule has 1 amide bonds. The summed E-state index contributed by atoms with van der Waals surface area (Å²) in [4.78, 5) is 27.9. The fourth-order valence-corrected chi connectivity index (χ4v) is 6.57. The lowest BCUT2D eigenvalue weighted by atomic mass is 9.99. The number of amides is 1. The first-order valence-electron chi connectivity index (χ1n) is 14.8. The smallest absolute Gasteiger partial charge is 0.246 e. The maximum Gasteiger partial charge on any atom is 0.246 e. The van der Waals surface area contributed by atoms with E-state index in [2.05, 4.69) is 26.8 Å². The Kier molecular flexibility index (Phi) is 7.04. The molecule has 0 aliphatic carbocycles. The van der Waals surface area contributed by atoms with Crippen molar-refractivity contribution in [2.45, 2.75) is 50.8 Å².